The molecule has 1 amide bonds. The summed E-state index contributed by atoms with van der Waals surface area (Å²) in [6.07, 6.45) is 1.49. The highest BCUT2D eigenvalue weighted by Crippen LogP contribution is 2.23. The normalized spacial score (nSPS) is 13.0. The molecule has 0 bridgehead atoms. The van der Waals surface area contributed by atoms with Gasteiger partial charge in [-0.3, -0.25) is 9.48 Å². The van der Waals surface area contributed by atoms with Crippen molar-refractivity contribution in [3.8, 4) is 5.75 Å². The number of carbonyl (C=O) groups excluding carboxylic acids is 1. The van der Waals surface area contributed by atoms with Crippen LogP contribution in [0.3, 0.4) is 0 Å². The first-order valence-corrected chi connectivity index (χ1v) is 8.11. The van der Waals surface area contributed by atoms with Gasteiger partial charge in [0.2, 0.25) is 0 Å². The summed E-state index contributed by atoms with van der Waals surface area (Å²) in [4.78, 5) is 17.0. The number of hydrogen-bond donors (Lipinski definition) is 1. The van der Waals surface area contributed by atoms with E-state index in [2.05, 4.69) is 15.4 Å². The molecule has 1 aromatic carbocycles. The monoisotopic (exact) mass is 330 g/mol. The zero-order valence-electron chi connectivity index (χ0n) is 15.2. The summed E-state index contributed by atoms with van der Waals surface area (Å²) in [5.41, 5.74) is 0.146. The Morgan fingerprint density at radius 1 is 1.25 bits per heavy atom. The van der Waals surface area contributed by atoms with Crippen molar-refractivity contribution >= 4 is 5.91 Å². The molecule has 6 nitrogen and oxygen atoms in total. The van der Waals surface area contributed by atoms with Crippen LogP contribution in [0.1, 0.15) is 45.1 Å². The van der Waals surface area contributed by atoms with Crippen LogP contribution in [0.4, 0.5) is 0 Å². The lowest BCUT2D eigenvalue weighted by Gasteiger charge is -2.29. The molecule has 1 N–H and O–H groups in total. The van der Waals surface area contributed by atoms with Gasteiger partial charge in [0, 0.05) is 7.05 Å². The lowest BCUT2D eigenvalue weighted by molar-refractivity contribution is -0.135. The number of aromatic nitrogens is 3. The second-order valence-electron chi connectivity index (χ2n) is 6.86. The summed E-state index contributed by atoms with van der Waals surface area (Å²) in [5.74, 6) is 1.38. The Kier molecular flexibility index (Phi) is 5.26. The molecule has 0 spiro atoms. The number of ether oxygens (including phenoxy) is 1. The van der Waals surface area contributed by atoms with E-state index in [1.165, 1.54) is 6.33 Å². The maximum atomic E-state index is 12.8. The highest BCUT2D eigenvalue weighted by Gasteiger charge is 2.33. The van der Waals surface area contributed by atoms with Crippen LogP contribution in [0.5, 0.6) is 5.75 Å². The van der Waals surface area contributed by atoms with Crippen molar-refractivity contribution in [2.75, 3.05) is 0 Å². The molecule has 0 saturated carbocycles. The predicted octanol–water partition coefficient (Wildman–Crippen LogP) is 2.79. The van der Waals surface area contributed by atoms with Crippen molar-refractivity contribution < 1.29 is 9.53 Å². The molecule has 0 aliphatic rings. The first-order chi connectivity index (χ1) is 11.2. The number of benzene rings is 1. The van der Waals surface area contributed by atoms with E-state index < -0.39 is 5.60 Å². The van der Waals surface area contributed by atoms with Crippen molar-refractivity contribution in [1.29, 1.82) is 0 Å². The number of nitrogens with one attached hydrogen (secondary N) is 1. The van der Waals surface area contributed by atoms with E-state index >= 15 is 0 Å². The zero-order chi connectivity index (χ0) is 17.9. The molecule has 2 aromatic rings. The highest BCUT2D eigenvalue weighted by molar-refractivity contribution is 5.85. The fourth-order valence-corrected chi connectivity index (χ4v) is 2.38. The topological polar surface area (TPSA) is 69.0 Å². The Labute approximate surface area is 143 Å². The third-order valence-electron chi connectivity index (χ3n) is 3.92. The Bertz CT molecular complexity index is 689. The summed E-state index contributed by atoms with van der Waals surface area (Å²) in [6.45, 7) is 9.60. The van der Waals surface area contributed by atoms with Gasteiger partial charge in [0.15, 0.2) is 5.60 Å². The fraction of sp³-hybridized carbons (Fsp3) is 0.500. The molecule has 0 fully saturated rings. The van der Waals surface area contributed by atoms with Crippen molar-refractivity contribution in [2.45, 2.75) is 46.3 Å². The molecule has 0 saturated heterocycles. The van der Waals surface area contributed by atoms with Crippen LogP contribution < -0.4 is 10.1 Å². The fourth-order valence-electron chi connectivity index (χ4n) is 2.38. The minimum Gasteiger partial charge on any atom is -0.478 e. The number of hydrogen-bond acceptors (Lipinski definition) is 4. The number of amides is 1. The van der Waals surface area contributed by atoms with E-state index in [9.17, 15) is 4.79 Å². The third-order valence-corrected chi connectivity index (χ3v) is 3.92. The summed E-state index contributed by atoms with van der Waals surface area (Å²) >= 11 is 0. The first-order valence-electron chi connectivity index (χ1n) is 8.11. The second kappa shape index (κ2) is 7.03. The van der Waals surface area contributed by atoms with Gasteiger partial charge in [0.25, 0.3) is 5.91 Å². The summed E-state index contributed by atoms with van der Waals surface area (Å²) in [7, 11) is 1.82. The van der Waals surface area contributed by atoms with Crippen LogP contribution in [0.25, 0.3) is 0 Å². The van der Waals surface area contributed by atoms with Crippen molar-refractivity contribution in [3.63, 3.8) is 0 Å². The molecule has 0 aliphatic heterocycles. The minimum atomic E-state index is -0.999. The molecule has 1 atom stereocenters. The number of nitrogens with zero attached hydrogens (tertiary/aromatic N) is 3. The molecule has 1 heterocycles. The Morgan fingerprint density at radius 3 is 2.38 bits per heavy atom. The smallest absolute Gasteiger partial charge is 0.264 e. The molecule has 0 aliphatic carbocycles. The number of carbonyl (C=O) groups is 1. The molecule has 2 rings (SSSR count). The van der Waals surface area contributed by atoms with Crippen LogP contribution in [0.15, 0.2) is 30.6 Å². The molecule has 0 radical (unpaired) electrons. The van der Waals surface area contributed by atoms with Gasteiger partial charge in [0.1, 0.15) is 17.9 Å². The average molecular weight is 330 g/mol. The maximum Gasteiger partial charge on any atom is 0.264 e. The van der Waals surface area contributed by atoms with Crippen LogP contribution in [0, 0.1) is 12.8 Å². The number of aryl methyl sites for hydroxylation is 2. The number of rotatable bonds is 6. The Hall–Kier alpha value is -2.37. The van der Waals surface area contributed by atoms with Gasteiger partial charge in [0.05, 0.1) is 6.04 Å². The Morgan fingerprint density at radius 2 is 1.88 bits per heavy atom. The van der Waals surface area contributed by atoms with Crippen LogP contribution in [0.2, 0.25) is 0 Å². The second-order valence-corrected chi connectivity index (χ2v) is 6.86. The SMILES string of the molecule is Cc1ccc(OC(C)(C)C(=O)NC(c2ncnn2C)C(C)C)cc1. The van der Waals surface area contributed by atoms with E-state index in [4.69, 9.17) is 4.74 Å². The van der Waals surface area contributed by atoms with Crippen molar-refractivity contribution in [3.05, 3.63) is 42.0 Å². The third kappa shape index (κ3) is 4.13. The standard InChI is InChI=1S/C18H26N4O2/c1-12(2)15(16-19-11-20-22(16)6)21-17(23)18(4,5)24-14-9-7-13(3)8-10-14/h7-12,15H,1-6H3,(H,21,23). The van der Waals surface area contributed by atoms with Gasteiger partial charge < -0.3 is 10.1 Å². The summed E-state index contributed by atoms with van der Waals surface area (Å²) in [5, 5.41) is 7.13. The van der Waals surface area contributed by atoms with Gasteiger partial charge >= 0.3 is 0 Å². The van der Waals surface area contributed by atoms with Crippen LogP contribution >= 0.6 is 0 Å². The largest absolute Gasteiger partial charge is 0.478 e. The molecule has 1 aromatic heterocycles. The van der Waals surface area contributed by atoms with Gasteiger partial charge in [-0.05, 0) is 38.8 Å². The van der Waals surface area contributed by atoms with E-state index in [0.29, 0.717) is 5.75 Å². The maximum absolute atomic E-state index is 12.8. The lowest BCUT2D eigenvalue weighted by atomic mass is 10.0. The van der Waals surface area contributed by atoms with Crippen LogP contribution in [-0.4, -0.2) is 26.3 Å². The minimum absolute atomic E-state index is 0.173. The van der Waals surface area contributed by atoms with Crippen molar-refractivity contribution in [2.24, 2.45) is 13.0 Å². The van der Waals surface area contributed by atoms with E-state index in [0.717, 1.165) is 11.4 Å². The van der Waals surface area contributed by atoms with Gasteiger partial charge in [-0.15, -0.1) is 0 Å². The first kappa shape index (κ1) is 18.0. The molecular formula is C18H26N4O2. The average Bonchev–Trinajstić information content (AvgIpc) is 2.92. The molecule has 1 unspecified atom stereocenters. The van der Waals surface area contributed by atoms with Gasteiger partial charge in [-0.2, -0.15) is 5.10 Å². The van der Waals surface area contributed by atoms with Crippen LogP contribution in [-0.2, 0) is 11.8 Å². The van der Waals surface area contributed by atoms with Gasteiger partial charge in [-0.25, -0.2) is 4.98 Å². The van der Waals surface area contributed by atoms with E-state index in [1.54, 1.807) is 18.5 Å². The Balaban J connectivity index is 2.13. The molecular weight excluding hydrogens is 304 g/mol. The summed E-state index contributed by atoms with van der Waals surface area (Å²) in [6, 6.07) is 7.42. The molecule has 24 heavy (non-hydrogen) atoms. The quantitative estimate of drug-likeness (QED) is 0.884. The molecule has 6 heteroatoms. The van der Waals surface area contributed by atoms with E-state index in [-0.39, 0.29) is 17.9 Å². The van der Waals surface area contributed by atoms with E-state index in [1.807, 2.05) is 52.1 Å². The predicted molar refractivity (Wildman–Crippen MR) is 92.6 cm³/mol. The highest BCUT2D eigenvalue weighted by atomic mass is 16.5. The van der Waals surface area contributed by atoms with Gasteiger partial charge in [-0.1, -0.05) is 31.5 Å². The molecule has 130 valence electrons. The van der Waals surface area contributed by atoms with Crippen molar-refractivity contribution in [1.82, 2.24) is 20.1 Å². The lowest BCUT2D eigenvalue weighted by Crippen LogP contribution is -2.49. The summed E-state index contributed by atoms with van der Waals surface area (Å²) < 4.78 is 7.57. The zero-order valence-corrected chi connectivity index (χ0v) is 15.2.